The van der Waals surface area contributed by atoms with Crippen molar-refractivity contribution in [1.82, 2.24) is 9.97 Å². The van der Waals surface area contributed by atoms with Crippen LogP contribution in [0.2, 0.25) is 10.0 Å². The van der Waals surface area contributed by atoms with E-state index in [9.17, 15) is 10.1 Å². The van der Waals surface area contributed by atoms with Crippen molar-refractivity contribution < 1.29 is 19.0 Å². The zero-order valence-electron chi connectivity index (χ0n) is 12.5. The summed E-state index contributed by atoms with van der Waals surface area (Å²) in [6, 6.07) is 6.27. The summed E-state index contributed by atoms with van der Waals surface area (Å²) >= 11 is 12.3. The van der Waals surface area contributed by atoms with Gasteiger partial charge >= 0.3 is 5.97 Å². The number of hydrogen-bond donors (Lipinski definition) is 0. The van der Waals surface area contributed by atoms with Crippen molar-refractivity contribution >= 4 is 29.2 Å². The maximum atomic E-state index is 12.3. The van der Waals surface area contributed by atoms with E-state index in [2.05, 4.69) is 9.97 Å². The molecule has 9 heteroatoms. The number of carbonyl (C=O) groups excluding carboxylic acids is 1. The average molecular weight is 366 g/mol. The van der Waals surface area contributed by atoms with Crippen molar-refractivity contribution in [2.24, 2.45) is 0 Å². The highest BCUT2D eigenvalue weighted by Crippen LogP contribution is 2.46. The number of aromatic nitrogens is 2. The van der Waals surface area contributed by atoms with Gasteiger partial charge in [0.25, 0.3) is 5.60 Å². The third-order valence-corrected chi connectivity index (χ3v) is 4.11. The van der Waals surface area contributed by atoms with Crippen LogP contribution in [0.25, 0.3) is 0 Å². The summed E-state index contributed by atoms with van der Waals surface area (Å²) in [7, 11) is 2.78. The third kappa shape index (κ3) is 2.23. The van der Waals surface area contributed by atoms with Gasteiger partial charge in [-0.15, -0.1) is 0 Å². The van der Waals surface area contributed by atoms with Gasteiger partial charge in [0.2, 0.25) is 11.8 Å². The van der Waals surface area contributed by atoms with Crippen molar-refractivity contribution in [2.75, 3.05) is 14.2 Å². The number of cyclic esters (lactones) is 1. The molecule has 0 N–H and O–H groups in total. The van der Waals surface area contributed by atoms with Crippen LogP contribution in [-0.2, 0) is 10.3 Å². The number of hydrogen-bond acceptors (Lipinski definition) is 7. The lowest BCUT2D eigenvalue weighted by molar-refractivity contribution is 0.0269. The van der Waals surface area contributed by atoms with Crippen molar-refractivity contribution in [3.05, 3.63) is 45.2 Å². The standard InChI is InChI=1S/C15H9Cl2N3O4/c1-22-9-5-10(23-2)20-14(19-9)15(6-18)12-8(17)4-3-7(16)11(12)13(21)24-15/h3-5H,1-2H3. The Kier molecular flexibility index (Phi) is 3.95. The minimum atomic E-state index is -1.95. The smallest absolute Gasteiger partial charge is 0.342 e. The Morgan fingerprint density at radius 2 is 1.75 bits per heavy atom. The van der Waals surface area contributed by atoms with Gasteiger partial charge in [0.1, 0.15) is 6.07 Å². The van der Waals surface area contributed by atoms with E-state index < -0.39 is 11.6 Å². The van der Waals surface area contributed by atoms with E-state index in [-0.39, 0.29) is 38.8 Å². The summed E-state index contributed by atoms with van der Waals surface area (Å²) in [5.74, 6) is -0.662. The topological polar surface area (TPSA) is 94.3 Å². The number of carbonyl (C=O) groups is 1. The lowest BCUT2D eigenvalue weighted by atomic mass is 9.92. The van der Waals surface area contributed by atoms with Crippen molar-refractivity contribution in [2.45, 2.75) is 5.60 Å². The molecule has 1 atom stereocenters. The molecular weight excluding hydrogens is 357 g/mol. The molecule has 1 aliphatic heterocycles. The molecule has 0 aliphatic carbocycles. The first-order valence-corrected chi connectivity index (χ1v) is 7.33. The Bertz CT molecular complexity index is 875. The van der Waals surface area contributed by atoms with E-state index in [1.165, 1.54) is 32.4 Å². The monoisotopic (exact) mass is 365 g/mol. The van der Waals surface area contributed by atoms with Gasteiger partial charge in [0.15, 0.2) is 5.82 Å². The molecule has 0 bridgehead atoms. The molecule has 24 heavy (non-hydrogen) atoms. The fourth-order valence-electron chi connectivity index (χ4n) is 2.39. The molecule has 0 fully saturated rings. The van der Waals surface area contributed by atoms with Crippen molar-refractivity contribution in [3.8, 4) is 17.8 Å². The summed E-state index contributed by atoms with van der Waals surface area (Å²) < 4.78 is 15.5. The molecule has 0 saturated carbocycles. The number of halogens is 2. The number of fused-ring (bicyclic) bond motifs is 1. The number of nitrogens with zero attached hydrogens (tertiary/aromatic N) is 3. The van der Waals surface area contributed by atoms with Crippen LogP contribution in [0.3, 0.4) is 0 Å². The first-order valence-electron chi connectivity index (χ1n) is 6.57. The van der Waals surface area contributed by atoms with E-state index >= 15 is 0 Å². The van der Waals surface area contributed by atoms with Gasteiger partial charge in [-0.1, -0.05) is 23.2 Å². The Balaban J connectivity index is 2.34. The number of esters is 1. The molecular formula is C15H9Cl2N3O4. The normalized spacial score (nSPS) is 18.5. The van der Waals surface area contributed by atoms with E-state index in [4.69, 9.17) is 37.4 Å². The molecule has 0 saturated heterocycles. The van der Waals surface area contributed by atoms with Gasteiger partial charge in [-0.25, -0.2) is 4.79 Å². The van der Waals surface area contributed by atoms with Crippen LogP contribution in [0, 0.1) is 11.3 Å². The van der Waals surface area contributed by atoms with Gasteiger partial charge in [-0.3, -0.25) is 0 Å². The molecule has 0 amide bonds. The number of methoxy groups -OCH3 is 2. The Hall–Kier alpha value is -2.56. The van der Waals surface area contributed by atoms with Gasteiger partial charge in [-0.05, 0) is 12.1 Å². The maximum absolute atomic E-state index is 12.3. The molecule has 122 valence electrons. The minimum absolute atomic E-state index is 0.0103. The second-order valence-corrected chi connectivity index (χ2v) is 5.55. The van der Waals surface area contributed by atoms with Gasteiger partial charge in [-0.2, -0.15) is 15.2 Å². The van der Waals surface area contributed by atoms with E-state index in [0.29, 0.717) is 0 Å². The maximum Gasteiger partial charge on any atom is 0.342 e. The van der Waals surface area contributed by atoms with E-state index in [1.54, 1.807) is 0 Å². The highest BCUT2D eigenvalue weighted by atomic mass is 35.5. The van der Waals surface area contributed by atoms with Crippen LogP contribution in [0.15, 0.2) is 18.2 Å². The summed E-state index contributed by atoms with van der Waals surface area (Å²) in [6.07, 6.45) is 0. The van der Waals surface area contributed by atoms with Crippen LogP contribution in [0.5, 0.6) is 11.8 Å². The quantitative estimate of drug-likeness (QED) is 0.771. The number of nitriles is 1. The molecule has 7 nitrogen and oxygen atoms in total. The van der Waals surface area contributed by atoms with Gasteiger partial charge < -0.3 is 14.2 Å². The van der Waals surface area contributed by atoms with Crippen LogP contribution in [0.4, 0.5) is 0 Å². The summed E-state index contributed by atoms with van der Waals surface area (Å²) in [4.78, 5) is 20.5. The highest BCUT2D eigenvalue weighted by molar-refractivity contribution is 6.37. The first-order chi connectivity index (χ1) is 11.5. The molecule has 1 unspecified atom stereocenters. The molecule has 3 rings (SSSR count). The van der Waals surface area contributed by atoms with Gasteiger partial charge in [0.05, 0.1) is 41.5 Å². The zero-order valence-corrected chi connectivity index (χ0v) is 14.0. The van der Waals surface area contributed by atoms with Crippen molar-refractivity contribution in [1.29, 1.82) is 5.26 Å². The van der Waals surface area contributed by atoms with Crippen LogP contribution >= 0.6 is 23.2 Å². The largest absolute Gasteiger partial charge is 0.481 e. The molecule has 2 heterocycles. The summed E-state index contributed by atoms with van der Waals surface area (Å²) in [5, 5.41) is 10.0. The molecule has 0 radical (unpaired) electrons. The SMILES string of the molecule is COc1cc(OC)nc(C2(C#N)OC(=O)c3c(Cl)ccc(Cl)c32)n1. The minimum Gasteiger partial charge on any atom is -0.481 e. The van der Waals surface area contributed by atoms with Crippen LogP contribution in [0.1, 0.15) is 21.7 Å². The van der Waals surface area contributed by atoms with Crippen LogP contribution in [-0.4, -0.2) is 30.2 Å². The Labute approximate surface area is 146 Å². The Morgan fingerprint density at radius 3 is 2.29 bits per heavy atom. The summed E-state index contributed by atoms with van der Waals surface area (Å²) in [6.45, 7) is 0. The molecule has 1 aromatic heterocycles. The molecule has 1 aliphatic rings. The second kappa shape index (κ2) is 5.82. The van der Waals surface area contributed by atoms with E-state index in [1.807, 2.05) is 6.07 Å². The van der Waals surface area contributed by atoms with Gasteiger partial charge in [0, 0.05) is 0 Å². The lowest BCUT2D eigenvalue weighted by Crippen LogP contribution is -2.29. The highest BCUT2D eigenvalue weighted by Gasteiger charge is 2.53. The van der Waals surface area contributed by atoms with Crippen LogP contribution < -0.4 is 9.47 Å². The fourth-order valence-corrected chi connectivity index (χ4v) is 2.92. The summed E-state index contributed by atoms with van der Waals surface area (Å²) in [5.41, 5.74) is -1.84. The lowest BCUT2D eigenvalue weighted by Gasteiger charge is -2.20. The third-order valence-electron chi connectivity index (χ3n) is 3.48. The van der Waals surface area contributed by atoms with E-state index in [0.717, 1.165) is 0 Å². The zero-order chi connectivity index (χ0) is 17.5. The number of rotatable bonds is 3. The first kappa shape index (κ1) is 16.3. The number of ether oxygens (including phenoxy) is 3. The predicted octanol–water partition coefficient (Wildman–Crippen LogP) is 2.74. The molecule has 2 aromatic rings. The Morgan fingerprint density at radius 1 is 1.17 bits per heavy atom. The predicted molar refractivity (Wildman–Crippen MR) is 83.4 cm³/mol. The average Bonchev–Trinajstić information content (AvgIpc) is 2.92. The van der Waals surface area contributed by atoms with Crippen molar-refractivity contribution in [3.63, 3.8) is 0 Å². The molecule has 0 spiro atoms. The number of benzene rings is 1. The second-order valence-electron chi connectivity index (χ2n) is 4.74. The fraction of sp³-hybridized carbons (Fsp3) is 0.200. The molecule has 1 aromatic carbocycles.